The monoisotopic (exact) mass is 434 g/mol. The highest BCUT2D eigenvalue weighted by atomic mass is 35.5. The van der Waals surface area contributed by atoms with Gasteiger partial charge in [-0.1, -0.05) is 54.4 Å². The summed E-state index contributed by atoms with van der Waals surface area (Å²) < 4.78 is 0. The zero-order chi connectivity index (χ0) is 21.6. The Labute approximate surface area is 183 Å². The predicted octanol–water partition coefficient (Wildman–Crippen LogP) is 5.10. The average molecular weight is 435 g/mol. The molecule has 4 nitrogen and oxygen atoms in total. The minimum atomic E-state index is -0.618. The van der Waals surface area contributed by atoms with Crippen LogP contribution in [0.3, 0.4) is 0 Å². The zero-order valence-electron chi connectivity index (χ0n) is 17.4. The lowest BCUT2D eigenvalue weighted by atomic mass is 10.0. The van der Waals surface area contributed by atoms with E-state index in [2.05, 4.69) is 5.32 Å². The van der Waals surface area contributed by atoms with Crippen LogP contribution in [-0.4, -0.2) is 29.3 Å². The van der Waals surface area contributed by atoms with Crippen LogP contribution in [-0.2, 0) is 22.6 Å². The van der Waals surface area contributed by atoms with Crippen molar-refractivity contribution in [3.63, 3.8) is 0 Å². The second-order valence-electron chi connectivity index (χ2n) is 7.32. The first-order chi connectivity index (χ1) is 13.7. The van der Waals surface area contributed by atoms with Gasteiger partial charge in [0, 0.05) is 23.1 Å². The van der Waals surface area contributed by atoms with E-state index in [1.807, 2.05) is 39.0 Å². The first-order valence-electron chi connectivity index (χ1n) is 9.80. The zero-order valence-corrected chi connectivity index (χ0v) is 18.9. The molecular weight excluding hydrogens is 407 g/mol. The highest BCUT2D eigenvalue weighted by Crippen LogP contribution is 2.24. The Bertz CT molecular complexity index is 883. The van der Waals surface area contributed by atoms with Crippen molar-refractivity contribution in [2.24, 2.45) is 0 Å². The Morgan fingerprint density at radius 2 is 1.79 bits per heavy atom. The van der Waals surface area contributed by atoms with E-state index in [9.17, 15) is 9.59 Å². The lowest BCUT2D eigenvalue weighted by molar-refractivity contribution is -0.140. The Hall–Kier alpha value is -2.04. The van der Waals surface area contributed by atoms with Gasteiger partial charge < -0.3 is 10.2 Å². The third-order valence-electron chi connectivity index (χ3n) is 5.00. The maximum absolute atomic E-state index is 13.2. The standard InChI is InChI=1S/C23H28Cl2N2O2/c1-5-10-26-23(29)17(4)27(14-19-8-9-20(24)13-21(19)25)22(28)12-18-7-6-15(2)16(3)11-18/h6-9,11,13,17H,5,10,12,14H2,1-4H3,(H,26,29). The van der Waals surface area contributed by atoms with Crippen molar-refractivity contribution in [3.05, 3.63) is 68.7 Å². The minimum absolute atomic E-state index is 0.126. The number of carbonyl (C=O) groups is 2. The van der Waals surface area contributed by atoms with Gasteiger partial charge in [-0.15, -0.1) is 0 Å². The van der Waals surface area contributed by atoms with Gasteiger partial charge in [0.25, 0.3) is 0 Å². The third kappa shape index (κ3) is 6.48. The molecule has 1 atom stereocenters. The Balaban J connectivity index is 2.27. The predicted molar refractivity (Wildman–Crippen MR) is 119 cm³/mol. The molecule has 2 aromatic rings. The number of rotatable bonds is 8. The topological polar surface area (TPSA) is 49.4 Å². The fourth-order valence-electron chi connectivity index (χ4n) is 3.00. The summed E-state index contributed by atoms with van der Waals surface area (Å²) in [6.07, 6.45) is 1.05. The molecule has 0 radical (unpaired) electrons. The van der Waals surface area contributed by atoms with Gasteiger partial charge in [0.05, 0.1) is 6.42 Å². The summed E-state index contributed by atoms with van der Waals surface area (Å²) >= 11 is 12.3. The summed E-state index contributed by atoms with van der Waals surface area (Å²) in [6, 6.07) is 10.5. The smallest absolute Gasteiger partial charge is 0.242 e. The number of aryl methyl sites for hydroxylation is 2. The number of nitrogens with one attached hydrogen (secondary N) is 1. The van der Waals surface area contributed by atoms with Gasteiger partial charge >= 0.3 is 0 Å². The molecule has 1 N–H and O–H groups in total. The van der Waals surface area contributed by atoms with Crippen molar-refractivity contribution in [2.45, 2.75) is 53.1 Å². The summed E-state index contributed by atoms with van der Waals surface area (Å²) in [4.78, 5) is 27.3. The number of nitrogens with zero attached hydrogens (tertiary/aromatic N) is 1. The van der Waals surface area contributed by atoms with Crippen LogP contribution in [0.5, 0.6) is 0 Å². The van der Waals surface area contributed by atoms with Crippen molar-refractivity contribution in [1.82, 2.24) is 10.2 Å². The largest absolute Gasteiger partial charge is 0.354 e. The number of amides is 2. The third-order valence-corrected chi connectivity index (χ3v) is 5.59. The van der Waals surface area contributed by atoms with E-state index in [0.29, 0.717) is 16.6 Å². The number of benzene rings is 2. The Kier molecular flexibility index (Phi) is 8.54. The second-order valence-corrected chi connectivity index (χ2v) is 8.16. The van der Waals surface area contributed by atoms with E-state index in [1.54, 1.807) is 30.0 Å². The van der Waals surface area contributed by atoms with E-state index < -0.39 is 6.04 Å². The highest BCUT2D eigenvalue weighted by molar-refractivity contribution is 6.35. The van der Waals surface area contributed by atoms with Gasteiger partial charge in [-0.2, -0.15) is 0 Å². The molecule has 1 unspecified atom stereocenters. The average Bonchev–Trinajstić information content (AvgIpc) is 2.67. The van der Waals surface area contributed by atoms with E-state index in [-0.39, 0.29) is 24.8 Å². The molecule has 29 heavy (non-hydrogen) atoms. The Morgan fingerprint density at radius 3 is 2.41 bits per heavy atom. The van der Waals surface area contributed by atoms with Crippen molar-refractivity contribution < 1.29 is 9.59 Å². The molecule has 0 aliphatic carbocycles. The normalized spacial score (nSPS) is 11.8. The molecule has 0 fully saturated rings. The minimum Gasteiger partial charge on any atom is -0.354 e. The molecule has 156 valence electrons. The van der Waals surface area contributed by atoms with Crippen LogP contribution in [0.25, 0.3) is 0 Å². The Morgan fingerprint density at radius 1 is 1.07 bits per heavy atom. The molecule has 6 heteroatoms. The molecular formula is C23H28Cl2N2O2. The fraction of sp³-hybridized carbons (Fsp3) is 0.391. The lowest BCUT2D eigenvalue weighted by Gasteiger charge is -2.29. The fourth-order valence-corrected chi connectivity index (χ4v) is 3.47. The van der Waals surface area contributed by atoms with E-state index in [4.69, 9.17) is 23.2 Å². The molecule has 0 aliphatic heterocycles. The molecule has 0 spiro atoms. The lowest BCUT2D eigenvalue weighted by Crippen LogP contribution is -2.48. The quantitative estimate of drug-likeness (QED) is 0.628. The summed E-state index contributed by atoms with van der Waals surface area (Å²) in [7, 11) is 0. The number of halogens is 2. The molecule has 2 amide bonds. The van der Waals surface area contributed by atoms with Crippen molar-refractivity contribution in [1.29, 1.82) is 0 Å². The molecule has 2 rings (SSSR count). The maximum Gasteiger partial charge on any atom is 0.242 e. The van der Waals surface area contributed by atoms with Crippen LogP contribution in [0.1, 0.15) is 42.5 Å². The number of carbonyl (C=O) groups excluding carboxylic acids is 2. The molecule has 0 bridgehead atoms. The van der Waals surface area contributed by atoms with Gasteiger partial charge in [0.2, 0.25) is 11.8 Å². The first kappa shape index (κ1) is 23.2. The summed E-state index contributed by atoms with van der Waals surface area (Å²) in [5.74, 6) is -0.302. The van der Waals surface area contributed by atoms with E-state index >= 15 is 0 Å². The molecule has 0 saturated carbocycles. The summed E-state index contributed by atoms with van der Waals surface area (Å²) in [6.45, 7) is 8.60. The van der Waals surface area contributed by atoms with Crippen LogP contribution in [0.4, 0.5) is 0 Å². The molecule has 2 aromatic carbocycles. The van der Waals surface area contributed by atoms with Crippen LogP contribution < -0.4 is 5.32 Å². The van der Waals surface area contributed by atoms with E-state index in [1.165, 1.54) is 5.56 Å². The van der Waals surface area contributed by atoms with Crippen molar-refractivity contribution in [2.75, 3.05) is 6.54 Å². The van der Waals surface area contributed by atoms with Gasteiger partial charge in [-0.3, -0.25) is 9.59 Å². The highest BCUT2D eigenvalue weighted by Gasteiger charge is 2.26. The van der Waals surface area contributed by atoms with Gasteiger partial charge in [-0.25, -0.2) is 0 Å². The van der Waals surface area contributed by atoms with Crippen LogP contribution >= 0.6 is 23.2 Å². The van der Waals surface area contributed by atoms with Gasteiger partial charge in [0.15, 0.2) is 0 Å². The number of hydrogen-bond donors (Lipinski definition) is 1. The van der Waals surface area contributed by atoms with Gasteiger partial charge in [0.1, 0.15) is 6.04 Å². The van der Waals surface area contributed by atoms with Crippen LogP contribution in [0.15, 0.2) is 36.4 Å². The van der Waals surface area contributed by atoms with Gasteiger partial charge in [-0.05, 0) is 61.6 Å². The van der Waals surface area contributed by atoms with Crippen LogP contribution in [0.2, 0.25) is 10.0 Å². The van der Waals surface area contributed by atoms with Crippen LogP contribution in [0, 0.1) is 13.8 Å². The number of hydrogen-bond acceptors (Lipinski definition) is 2. The molecule has 0 heterocycles. The van der Waals surface area contributed by atoms with Crippen molar-refractivity contribution in [3.8, 4) is 0 Å². The maximum atomic E-state index is 13.2. The molecule has 0 aromatic heterocycles. The first-order valence-corrected chi connectivity index (χ1v) is 10.6. The summed E-state index contributed by atoms with van der Waals surface area (Å²) in [5, 5.41) is 3.87. The van der Waals surface area contributed by atoms with Crippen molar-refractivity contribution >= 4 is 35.0 Å². The molecule has 0 saturated heterocycles. The summed E-state index contributed by atoms with van der Waals surface area (Å²) in [5.41, 5.74) is 3.99. The van der Waals surface area contributed by atoms with E-state index in [0.717, 1.165) is 23.1 Å². The second kappa shape index (κ2) is 10.7. The SMILES string of the molecule is CCCNC(=O)C(C)N(Cc1ccc(Cl)cc1Cl)C(=O)Cc1ccc(C)c(C)c1. The molecule has 0 aliphatic rings.